The van der Waals surface area contributed by atoms with Crippen molar-refractivity contribution >= 4 is 0 Å². The number of rotatable bonds is 3. The Balaban J connectivity index is 1.86. The molecule has 100 valence electrons. The molecule has 1 heterocycles. The van der Waals surface area contributed by atoms with Gasteiger partial charge in [0.2, 0.25) is 0 Å². The Kier molecular flexibility index (Phi) is 3.16. The molecule has 0 amide bonds. The summed E-state index contributed by atoms with van der Waals surface area (Å²) < 4.78 is 32.1. The first-order valence-electron chi connectivity index (χ1n) is 5.95. The zero-order valence-corrected chi connectivity index (χ0v) is 10.3. The average Bonchev–Trinajstić information content (AvgIpc) is 2.97. The fourth-order valence-corrected chi connectivity index (χ4v) is 1.80. The van der Waals surface area contributed by atoms with E-state index in [9.17, 15) is 8.78 Å². The smallest absolute Gasteiger partial charge is 0.166 e. The van der Waals surface area contributed by atoms with E-state index in [1.54, 1.807) is 18.3 Å². The fraction of sp³-hybridized carbons (Fsp3) is 0. The molecule has 0 bridgehead atoms. The molecule has 0 saturated heterocycles. The van der Waals surface area contributed by atoms with Crippen LogP contribution in [0.3, 0.4) is 0 Å². The maximum atomic E-state index is 14.0. The van der Waals surface area contributed by atoms with Gasteiger partial charge in [-0.25, -0.2) is 8.78 Å². The lowest BCUT2D eigenvalue weighted by Crippen LogP contribution is -1.90. The van der Waals surface area contributed by atoms with E-state index in [2.05, 4.69) is 10.2 Å². The van der Waals surface area contributed by atoms with Gasteiger partial charge in [-0.2, -0.15) is 5.10 Å². The molecule has 3 rings (SSSR count). The number of nitrogens with one attached hydrogen (secondary N) is 1. The Labute approximate surface area is 113 Å². The predicted molar refractivity (Wildman–Crippen MR) is 70.5 cm³/mol. The molecular weight excluding hydrogens is 262 g/mol. The van der Waals surface area contributed by atoms with Crippen LogP contribution in [-0.4, -0.2) is 10.2 Å². The standard InChI is InChI=1S/C15H10F2N2O/c16-11-2-4-12(5-3-11)20-15-6-1-10(9-13(15)17)14-7-8-18-19-14/h1-9H,(H,18,19). The van der Waals surface area contributed by atoms with E-state index in [4.69, 9.17) is 4.74 Å². The van der Waals surface area contributed by atoms with Gasteiger partial charge < -0.3 is 4.74 Å². The summed E-state index contributed by atoms with van der Waals surface area (Å²) in [6.07, 6.45) is 1.59. The molecule has 1 aromatic heterocycles. The molecule has 2 aromatic carbocycles. The summed E-state index contributed by atoms with van der Waals surface area (Å²) in [4.78, 5) is 0. The van der Waals surface area contributed by atoms with E-state index in [1.165, 1.54) is 36.4 Å². The SMILES string of the molecule is Fc1ccc(Oc2ccc(-c3ccn[nH]3)cc2F)cc1. The van der Waals surface area contributed by atoms with Crippen molar-refractivity contribution in [3.8, 4) is 22.8 Å². The summed E-state index contributed by atoms with van der Waals surface area (Å²) in [5.41, 5.74) is 1.39. The monoisotopic (exact) mass is 272 g/mol. The van der Waals surface area contributed by atoms with Crippen LogP contribution in [0.5, 0.6) is 11.5 Å². The van der Waals surface area contributed by atoms with Gasteiger partial charge in [0, 0.05) is 11.8 Å². The number of hydrogen-bond acceptors (Lipinski definition) is 2. The third-order valence-electron chi connectivity index (χ3n) is 2.79. The first-order valence-corrected chi connectivity index (χ1v) is 5.95. The summed E-state index contributed by atoms with van der Waals surface area (Å²) in [6.45, 7) is 0. The molecule has 0 unspecified atom stereocenters. The van der Waals surface area contributed by atoms with Crippen molar-refractivity contribution in [2.24, 2.45) is 0 Å². The molecule has 3 nitrogen and oxygen atoms in total. The molecule has 0 saturated carbocycles. The molecule has 20 heavy (non-hydrogen) atoms. The molecule has 0 spiro atoms. The van der Waals surface area contributed by atoms with Crippen molar-refractivity contribution in [3.05, 3.63) is 66.4 Å². The zero-order valence-electron chi connectivity index (χ0n) is 10.3. The predicted octanol–water partition coefficient (Wildman–Crippen LogP) is 4.15. The number of aromatic nitrogens is 2. The number of hydrogen-bond donors (Lipinski definition) is 1. The lowest BCUT2D eigenvalue weighted by Gasteiger charge is -2.07. The van der Waals surface area contributed by atoms with Gasteiger partial charge in [-0.3, -0.25) is 5.10 Å². The van der Waals surface area contributed by atoms with Crippen molar-refractivity contribution in [1.82, 2.24) is 10.2 Å². The van der Waals surface area contributed by atoms with Crippen LogP contribution in [0.1, 0.15) is 0 Å². The summed E-state index contributed by atoms with van der Waals surface area (Å²) >= 11 is 0. The fourth-order valence-electron chi connectivity index (χ4n) is 1.80. The normalized spacial score (nSPS) is 10.5. The van der Waals surface area contributed by atoms with Crippen molar-refractivity contribution in [2.75, 3.05) is 0 Å². The molecule has 1 N–H and O–H groups in total. The highest BCUT2D eigenvalue weighted by atomic mass is 19.1. The van der Waals surface area contributed by atoms with Crippen LogP contribution >= 0.6 is 0 Å². The molecule has 0 fully saturated rings. The van der Waals surface area contributed by atoms with Crippen LogP contribution in [0.15, 0.2) is 54.7 Å². The van der Waals surface area contributed by atoms with E-state index >= 15 is 0 Å². The number of H-pyrrole nitrogens is 1. The van der Waals surface area contributed by atoms with Crippen molar-refractivity contribution < 1.29 is 13.5 Å². The van der Waals surface area contributed by atoms with E-state index in [0.717, 1.165) is 5.69 Å². The van der Waals surface area contributed by atoms with E-state index in [0.29, 0.717) is 11.3 Å². The minimum absolute atomic E-state index is 0.0832. The average molecular weight is 272 g/mol. The molecule has 0 radical (unpaired) electrons. The number of aromatic amines is 1. The van der Waals surface area contributed by atoms with Gasteiger partial charge >= 0.3 is 0 Å². The molecular formula is C15H10F2N2O. The lowest BCUT2D eigenvalue weighted by molar-refractivity contribution is 0.441. The second-order valence-electron chi connectivity index (χ2n) is 4.17. The number of benzene rings is 2. The van der Waals surface area contributed by atoms with E-state index < -0.39 is 5.82 Å². The van der Waals surface area contributed by atoms with Gasteiger partial charge in [0.25, 0.3) is 0 Å². The molecule has 0 aliphatic carbocycles. The summed E-state index contributed by atoms with van der Waals surface area (Å²) in [6, 6.07) is 11.7. The summed E-state index contributed by atoms with van der Waals surface area (Å²) in [5.74, 6) is -0.409. The third-order valence-corrected chi connectivity index (χ3v) is 2.79. The Morgan fingerprint density at radius 1 is 0.950 bits per heavy atom. The second kappa shape index (κ2) is 5.13. The van der Waals surface area contributed by atoms with E-state index in [-0.39, 0.29) is 11.6 Å². The highest BCUT2D eigenvalue weighted by Gasteiger charge is 2.08. The summed E-state index contributed by atoms with van der Waals surface area (Å²) in [5, 5.41) is 6.57. The maximum Gasteiger partial charge on any atom is 0.166 e. The van der Waals surface area contributed by atoms with Gasteiger partial charge in [-0.1, -0.05) is 0 Å². The van der Waals surface area contributed by atoms with Crippen LogP contribution < -0.4 is 4.74 Å². The van der Waals surface area contributed by atoms with E-state index in [1.807, 2.05) is 0 Å². The van der Waals surface area contributed by atoms with Gasteiger partial charge in [-0.05, 0) is 48.5 Å². The first kappa shape index (κ1) is 12.3. The van der Waals surface area contributed by atoms with Crippen molar-refractivity contribution in [1.29, 1.82) is 0 Å². The Morgan fingerprint density at radius 2 is 1.75 bits per heavy atom. The second-order valence-corrected chi connectivity index (χ2v) is 4.17. The Morgan fingerprint density at radius 3 is 2.40 bits per heavy atom. The van der Waals surface area contributed by atoms with Crippen molar-refractivity contribution in [2.45, 2.75) is 0 Å². The highest BCUT2D eigenvalue weighted by Crippen LogP contribution is 2.28. The molecule has 0 aliphatic rings. The van der Waals surface area contributed by atoms with Gasteiger partial charge in [0.15, 0.2) is 11.6 Å². The largest absolute Gasteiger partial charge is 0.454 e. The van der Waals surface area contributed by atoms with Crippen LogP contribution in [-0.2, 0) is 0 Å². The molecule has 0 aliphatic heterocycles. The Bertz CT molecular complexity index is 709. The molecule has 0 atom stereocenters. The number of ether oxygens (including phenoxy) is 1. The van der Waals surface area contributed by atoms with Gasteiger partial charge in [0.05, 0.1) is 5.69 Å². The minimum atomic E-state index is -0.499. The molecule has 3 aromatic rings. The topological polar surface area (TPSA) is 37.9 Å². The quantitative estimate of drug-likeness (QED) is 0.777. The zero-order chi connectivity index (χ0) is 13.9. The number of nitrogens with zero attached hydrogens (tertiary/aromatic N) is 1. The van der Waals surface area contributed by atoms with Crippen LogP contribution in [0.2, 0.25) is 0 Å². The van der Waals surface area contributed by atoms with Gasteiger partial charge in [-0.15, -0.1) is 0 Å². The lowest BCUT2D eigenvalue weighted by atomic mass is 10.1. The van der Waals surface area contributed by atoms with Gasteiger partial charge in [0.1, 0.15) is 11.6 Å². The number of halogens is 2. The first-order chi connectivity index (χ1) is 9.72. The van der Waals surface area contributed by atoms with Crippen LogP contribution in [0.4, 0.5) is 8.78 Å². The maximum absolute atomic E-state index is 14.0. The molecule has 5 heteroatoms. The van der Waals surface area contributed by atoms with Crippen molar-refractivity contribution in [3.63, 3.8) is 0 Å². The third kappa shape index (κ3) is 2.51. The van der Waals surface area contributed by atoms with Crippen LogP contribution in [0, 0.1) is 11.6 Å². The minimum Gasteiger partial charge on any atom is -0.454 e. The highest BCUT2D eigenvalue weighted by molar-refractivity contribution is 5.60. The summed E-state index contributed by atoms with van der Waals surface area (Å²) in [7, 11) is 0. The van der Waals surface area contributed by atoms with Crippen LogP contribution in [0.25, 0.3) is 11.3 Å². The Hall–Kier alpha value is -2.69.